The molecule has 0 spiro atoms. The number of benzene rings is 1. The lowest BCUT2D eigenvalue weighted by atomic mass is 10.2. The summed E-state index contributed by atoms with van der Waals surface area (Å²) >= 11 is 0. The summed E-state index contributed by atoms with van der Waals surface area (Å²) in [7, 11) is 1.58. The molecule has 1 heterocycles. The van der Waals surface area contributed by atoms with Crippen LogP contribution in [-0.4, -0.2) is 44.8 Å². The third-order valence-corrected chi connectivity index (χ3v) is 3.32. The molecular formula is C16H21NO5. The summed E-state index contributed by atoms with van der Waals surface area (Å²) in [6, 6.07) is 7.24. The number of hydrogen-bond acceptors (Lipinski definition) is 5. The minimum atomic E-state index is -0.364. The van der Waals surface area contributed by atoms with Gasteiger partial charge in [0.15, 0.2) is 0 Å². The van der Waals surface area contributed by atoms with Gasteiger partial charge in [-0.15, -0.1) is 0 Å². The number of carbonyl (C=O) groups is 2. The van der Waals surface area contributed by atoms with Crippen LogP contribution in [0.5, 0.6) is 5.75 Å². The van der Waals surface area contributed by atoms with Crippen LogP contribution in [0, 0.1) is 0 Å². The summed E-state index contributed by atoms with van der Waals surface area (Å²) < 4.78 is 15.8. The maximum atomic E-state index is 11.8. The number of ether oxygens (including phenoxy) is 3. The Bertz CT molecular complexity index is 514. The molecule has 6 nitrogen and oxygen atoms in total. The van der Waals surface area contributed by atoms with Crippen molar-refractivity contribution in [3.8, 4) is 5.75 Å². The van der Waals surface area contributed by atoms with Gasteiger partial charge in [-0.25, -0.2) is 4.79 Å². The van der Waals surface area contributed by atoms with Gasteiger partial charge in [0.25, 0.3) is 0 Å². The van der Waals surface area contributed by atoms with Crippen LogP contribution in [-0.2, 0) is 14.3 Å². The fourth-order valence-electron chi connectivity index (χ4n) is 2.24. The molecule has 6 heteroatoms. The molecule has 0 aromatic heterocycles. The first kappa shape index (κ1) is 16.3. The Hall–Kier alpha value is -2.08. The van der Waals surface area contributed by atoms with Crippen molar-refractivity contribution >= 4 is 17.6 Å². The predicted molar refractivity (Wildman–Crippen MR) is 81.3 cm³/mol. The van der Waals surface area contributed by atoms with E-state index in [1.165, 1.54) is 0 Å². The summed E-state index contributed by atoms with van der Waals surface area (Å²) in [6.45, 7) is 2.94. The normalized spacial score (nSPS) is 17.5. The van der Waals surface area contributed by atoms with E-state index >= 15 is 0 Å². The second-order valence-corrected chi connectivity index (χ2v) is 5.22. The van der Waals surface area contributed by atoms with Crippen molar-refractivity contribution in [3.05, 3.63) is 24.3 Å². The summed E-state index contributed by atoms with van der Waals surface area (Å²) in [5.41, 5.74) is 0.764. The Morgan fingerprint density at radius 2 is 2.09 bits per heavy atom. The first-order chi connectivity index (χ1) is 10.6. The van der Waals surface area contributed by atoms with Crippen LogP contribution in [0.4, 0.5) is 10.5 Å². The average molecular weight is 307 g/mol. The van der Waals surface area contributed by atoms with Crippen molar-refractivity contribution in [1.82, 2.24) is 0 Å². The molecular weight excluding hydrogens is 286 g/mol. The number of amides is 1. The van der Waals surface area contributed by atoms with Crippen LogP contribution in [0.1, 0.15) is 19.8 Å². The second kappa shape index (κ2) is 7.79. The highest BCUT2D eigenvalue weighted by molar-refractivity contribution is 5.89. The lowest BCUT2D eigenvalue weighted by Gasteiger charge is -2.13. The van der Waals surface area contributed by atoms with Gasteiger partial charge in [-0.1, -0.05) is 0 Å². The van der Waals surface area contributed by atoms with Crippen molar-refractivity contribution < 1.29 is 23.8 Å². The van der Waals surface area contributed by atoms with E-state index in [2.05, 4.69) is 0 Å². The molecule has 1 aromatic rings. The van der Waals surface area contributed by atoms with Crippen molar-refractivity contribution in [2.75, 3.05) is 31.8 Å². The molecule has 0 unspecified atom stereocenters. The van der Waals surface area contributed by atoms with E-state index in [0.29, 0.717) is 38.3 Å². The number of hydrogen-bond donors (Lipinski definition) is 0. The van der Waals surface area contributed by atoms with E-state index in [1.54, 1.807) is 31.1 Å². The van der Waals surface area contributed by atoms with Gasteiger partial charge < -0.3 is 19.0 Å². The van der Waals surface area contributed by atoms with Crippen molar-refractivity contribution in [3.63, 3.8) is 0 Å². The van der Waals surface area contributed by atoms with E-state index in [4.69, 9.17) is 14.2 Å². The minimum absolute atomic E-state index is 0.164. The molecule has 1 amide bonds. The molecule has 0 bridgehead atoms. The van der Waals surface area contributed by atoms with Crippen LogP contribution < -0.4 is 9.64 Å². The van der Waals surface area contributed by atoms with Crippen LogP contribution in [0.25, 0.3) is 0 Å². The third kappa shape index (κ3) is 4.46. The molecule has 1 aliphatic rings. The van der Waals surface area contributed by atoms with Gasteiger partial charge in [-0.2, -0.15) is 0 Å². The zero-order valence-corrected chi connectivity index (χ0v) is 12.9. The number of methoxy groups -OCH3 is 1. The van der Waals surface area contributed by atoms with Crippen molar-refractivity contribution in [2.24, 2.45) is 0 Å². The van der Waals surface area contributed by atoms with E-state index in [9.17, 15) is 9.59 Å². The monoisotopic (exact) mass is 307 g/mol. The Balaban J connectivity index is 1.86. The van der Waals surface area contributed by atoms with Gasteiger partial charge in [-0.05, 0) is 37.6 Å². The van der Waals surface area contributed by atoms with Gasteiger partial charge in [-0.3, -0.25) is 4.90 Å². The third-order valence-electron chi connectivity index (χ3n) is 3.32. The summed E-state index contributed by atoms with van der Waals surface area (Å²) in [6.07, 6.45) is 0.629. The molecule has 1 fully saturated rings. The molecule has 0 N–H and O–H groups in total. The molecule has 1 aliphatic heterocycles. The lowest BCUT2D eigenvalue weighted by molar-refractivity contribution is -0.117. The van der Waals surface area contributed by atoms with Gasteiger partial charge in [0, 0.05) is 19.2 Å². The lowest BCUT2D eigenvalue weighted by Crippen LogP contribution is -2.25. The molecule has 1 saturated heterocycles. The van der Waals surface area contributed by atoms with Crippen LogP contribution >= 0.6 is 0 Å². The van der Waals surface area contributed by atoms with Gasteiger partial charge in [0.1, 0.15) is 17.6 Å². The number of ketones is 1. The first-order valence-electron chi connectivity index (χ1n) is 7.29. The Kier molecular flexibility index (Phi) is 5.77. The predicted octanol–water partition coefficient (Wildman–Crippen LogP) is 2.41. The largest absolute Gasteiger partial charge is 0.494 e. The molecule has 22 heavy (non-hydrogen) atoms. The van der Waals surface area contributed by atoms with E-state index < -0.39 is 0 Å². The maximum absolute atomic E-state index is 11.8. The fraction of sp³-hybridized carbons (Fsp3) is 0.500. The topological polar surface area (TPSA) is 65.1 Å². The molecule has 2 rings (SSSR count). The van der Waals surface area contributed by atoms with Crippen molar-refractivity contribution in [2.45, 2.75) is 25.9 Å². The average Bonchev–Trinajstić information content (AvgIpc) is 2.85. The number of carbonyl (C=O) groups excluding carboxylic acids is 2. The Morgan fingerprint density at radius 3 is 2.73 bits per heavy atom. The van der Waals surface area contributed by atoms with E-state index in [-0.39, 0.29) is 18.0 Å². The standard InChI is InChI=1S/C16H21NO5/c1-12(18)4-3-9-21-14-7-5-13(6-8-14)17-10-15(11-20-2)22-16(17)19/h5-8,15H,3-4,9-11H2,1-2H3/t15-/m1/s1. The summed E-state index contributed by atoms with van der Waals surface area (Å²) in [5, 5.41) is 0. The number of cyclic esters (lactones) is 1. The van der Waals surface area contributed by atoms with Crippen molar-refractivity contribution in [1.29, 1.82) is 0 Å². The molecule has 0 saturated carbocycles. The highest BCUT2D eigenvalue weighted by Gasteiger charge is 2.32. The summed E-state index contributed by atoms with van der Waals surface area (Å²) in [5.74, 6) is 0.880. The van der Waals surface area contributed by atoms with Crippen LogP contribution in [0.2, 0.25) is 0 Å². The Labute approximate surface area is 129 Å². The number of anilines is 1. The fourth-order valence-corrected chi connectivity index (χ4v) is 2.24. The van der Waals surface area contributed by atoms with Gasteiger partial charge in [0.05, 0.1) is 19.8 Å². The molecule has 0 radical (unpaired) electrons. The van der Waals surface area contributed by atoms with E-state index in [0.717, 1.165) is 5.69 Å². The SMILES string of the molecule is COC[C@H]1CN(c2ccc(OCCCC(C)=O)cc2)C(=O)O1. The smallest absolute Gasteiger partial charge is 0.414 e. The van der Waals surface area contributed by atoms with Gasteiger partial charge >= 0.3 is 6.09 Å². The summed E-state index contributed by atoms with van der Waals surface area (Å²) in [4.78, 5) is 24.2. The van der Waals surface area contributed by atoms with Crippen LogP contribution in [0.3, 0.4) is 0 Å². The van der Waals surface area contributed by atoms with Crippen LogP contribution in [0.15, 0.2) is 24.3 Å². The molecule has 120 valence electrons. The number of Topliss-reactive ketones (excluding diaryl/α,β-unsaturated/α-hetero) is 1. The molecule has 1 aromatic carbocycles. The van der Waals surface area contributed by atoms with E-state index in [1.807, 2.05) is 12.1 Å². The molecule has 1 atom stereocenters. The molecule has 0 aliphatic carbocycles. The zero-order chi connectivity index (χ0) is 15.9. The highest BCUT2D eigenvalue weighted by Crippen LogP contribution is 2.24. The minimum Gasteiger partial charge on any atom is -0.494 e. The number of nitrogens with zero attached hydrogens (tertiary/aromatic N) is 1. The number of rotatable bonds is 8. The van der Waals surface area contributed by atoms with Gasteiger partial charge in [0.2, 0.25) is 0 Å². The highest BCUT2D eigenvalue weighted by atomic mass is 16.6. The first-order valence-corrected chi connectivity index (χ1v) is 7.29. The second-order valence-electron chi connectivity index (χ2n) is 5.22. The maximum Gasteiger partial charge on any atom is 0.414 e. The Morgan fingerprint density at radius 1 is 1.36 bits per heavy atom. The zero-order valence-electron chi connectivity index (χ0n) is 12.9. The quantitative estimate of drug-likeness (QED) is 0.690.